The van der Waals surface area contributed by atoms with Gasteiger partial charge in [-0.15, -0.1) is 58.8 Å². The molecule has 10 aliphatic rings. The molecular weight excluding hydrogens is 1860 g/mol. The van der Waals surface area contributed by atoms with Crippen LogP contribution < -0.4 is 0 Å². The Kier molecular flexibility index (Phi) is 30.4. The predicted molar refractivity (Wildman–Crippen MR) is 559 cm³/mol. The Labute approximate surface area is 826 Å². The summed E-state index contributed by atoms with van der Waals surface area (Å²) in [6.07, 6.45) is 5.98. The average Bonchev–Trinajstić information content (AvgIpc) is 1.58. The molecule has 704 valence electrons. The van der Waals surface area contributed by atoms with E-state index in [2.05, 4.69) is 266 Å². The van der Waals surface area contributed by atoms with Gasteiger partial charge in [0.05, 0.1) is 29.3 Å². The quantitative estimate of drug-likeness (QED) is 0.143. The van der Waals surface area contributed by atoms with E-state index in [0.29, 0.717) is 23.0 Å². The molecule has 19 heteroatoms. The van der Waals surface area contributed by atoms with Gasteiger partial charge in [0.1, 0.15) is 23.3 Å². The third-order valence-corrected chi connectivity index (χ3v) is 37.1. The van der Waals surface area contributed by atoms with Crippen molar-refractivity contribution < 1.29 is 30.7 Å². The Morgan fingerprint density at radius 2 is 0.619 bits per heavy atom. The summed E-state index contributed by atoms with van der Waals surface area (Å²) < 4.78 is 96.3. The highest BCUT2D eigenvalue weighted by molar-refractivity contribution is 9.10. The van der Waals surface area contributed by atoms with Crippen LogP contribution in [0.15, 0.2) is 257 Å². The zero-order valence-corrected chi connectivity index (χ0v) is 87.0. The lowest BCUT2D eigenvalue weighted by molar-refractivity contribution is -0.140. The molecule has 0 bridgehead atoms. The molecule has 0 amide bonds. The number of hydrogen-bond donors (Lipinski definition) is 0. The van der Waals surface area contributed by atoms with Crippen LogP contribution in [0, 0.1) is 44.0 Å². The minimum absolute atomic E-state index is 0.00205. The van der Waals surface area contributed by atoms with E-state index >= 15 is 0 Å². The second-order valence-corrected chi connectivity index (χ2v) is 48.4. The maximum absolute atomic E-state index is 14.9. The van der Waals surface area contributed by atoms with Crippen molar-refractivity contribution in [3.05, 3.63) is 350 Å². The normalized spacial score (nSPS) is 23.3. The van der Waals surface area contributed by atoms with E-state index in [-0.39, 0.29) is 20.1 Å². The smallest absolute Gasteiger partial charge is 0.306 e. The first-order valence-electron chi connectivity index (χ1n) is 47.4. The van der Waals surface area contributed by atoms with E-state index in [1.165, 1.54) is 154 Å². The molecular formula is C115H126BrClF7N5S5. The predicted octanol–water partition coefficient (Wildman–Crippen LogP) is 32.1. The standard InChI is InChI=1S/C24H28ClNS.C24H28FNS.C23H23F4NS.C22H24BrNS.C22H23F2NS/c1-16(2)18-5-10-22-21(15-18)23(17-11-13-26(4)14-12-17)24(3,27-22)19-6-8-20(25)9-7-19;1-16(2)18-9-10-22-19(15-18)23(17-11-13-26(4)14-12-17)24(3,27-22)20-7-5-6-8-21(20)25;1-14-4-7-20-17(12-14)21(15-8-10-28(3)11-9-15)22(2,29-20)16-5-6-18(19(24)13-16)23(25,26)27;1-15-4-9-20-19(14-15)21(16-10-12-24(3)13-11-16)22(2,25-20)17-5-7-18(23)8-6-17;1-14-4-7-20-17(12-14)21(15-8-10-25(3)11-9-15)22(2,26-20)18-6-5-16(23)13-19(18)24/h2*5-10,15-16H,11-14H2,1-4H3;4-7,12-13H,8-11H2,1-3H3;4-9,14H,10-13H2,1-3H3;4-7,12-13H,8-11H2,1-3H3. The van der Waals surface area contributed by atoms with E-state index in [1.807, 2.05) is 79.5 Å². The van der Waals surface area contributed by atoms with Gasteiger partial charge in [-0.25, -0.2) is 17.6 Å². The van der Waals surface area contributed by atoms with E-state index in [9.17, 15) is 30.7 Å². The summed E-state index contributed by atoms with van der Waals surface area (Å²) in [6, 6.07) is 65.7. The fourth-order valence-electron chi connectivity index (χ4n) is 21.4. The number of nitrogens with zero attached hydrogens (tertiary/aromatic N) is 5. The van der Waals surface area contributed by atoms with Crippen LogP contribution in [0.4, 0.5) is 30.7 Å². The molecule has 5 saturated heterocycles. The van der Waals surface area contributed by atoms with Crippen molar-refractivity contribution in [3.63, 3.8) is 0 Å². The lowest BCUT2D eigenvalue weighted by atomic mass is 9.81. The highest BCUT2D eigenvalue weighted by Gasteiger charge is 2.50. The van der Waals surface area contributed by atoms with Crippen LogP contribution in [-0.4, -0.2) is 125 Å². The summed E-state index contributed by atoms with van der Waals surface area (Å²) in [5.41, 5.74) is 31.0. The first kappa shape index (κ1) is 99.7. The first-order chi connectivity index (χ1) is 63.7. The van der Waals surface area contributed by atoms with Crippen LogP contribution in [0.5, 0.6) is 0 Å². The molecule has 5 fully saturated rings. The van der Waals surface area contributed by atoms with Gasteiger partial charge in [-0.2, -0.15) is 13.2 Å². The van der Waals surface area contributed by atoms with Gasteiger partial charge in [0, 0.05) is 117 Å². The number of alkyl halides is 3. The van der Waals surface area contributed by atoms with E-state index in [1.54, 1.807) is 64.0 Å². The third kappa shape index (κ3) is 20.7. The molecule has 0 aromatic heterocycles. The number of likely N-dealkylation sites (tertiary alicyclic amines) is 5. The Bertz CT molecular complexity index is 6230. The van der Waals surface area contributed by atoms with Crippen LogP contribution in [0.1, 0.15) is 227 Å². The van der Waals surface area contributed by atoms with Gasteiger partial charge < -0.3 is 24.5 Å². The van der Waals surface area contributed by atoms with Gasteiger partial charge in [0.15, 0.2) is 0 Å². The van der Waals surface area contributed by atoms with Crippen LogP contribution >= 0.6 is 86.3 Å². The van der Waals surface area contributed by atoms with Crippen LogP contribution in [0.2, 0.25) is 5.02 Å². The number of halogens is 9. The monoisotopic (exact) mass is 1980 g/mol. The van der Waals surface area contributed by atoms with Gasteiger partial charge in [-0.1, -0.05) is 215 Å². The molecule has 5 atom stereocenters. The summed E-state index contributed by atoms with van der Waals surface area (Å²) in [5, 5.41) is 0.804. The minimum atomic E-state index is -4.69. The minimum Gasteiger partial charge on any atom is -0.306 e. The summed E-state index contributed by atoms with van der Waals surface area (Å²) in [4.78, 5) is 18.3. The fourth-order valence-corrected chi connectivity index (χ4v) is 29.1. The maximum atomic E-state index is 14.9. The van der Waals surface area contributed by atoms with Crippen LogP contribution in [-0.2, 0) is 29.9 Å². The number of rotatable bonds is 7. The number of thioether (sulfide) groups is 5. The van der Waals surface area contributed by atoms with Crippen LogP contribution in [0.3, 0.4) is 0 Å². The molecule has 5 unspecified atom stereocenters. The van der Waals surface area contributed by atoms with Gasteiger partial charge in [-0.05, 0) is 329 Å². The van der Waals surface area contributed by atoms with Gasteiger partial charge >= 0.3 is 6.18 Å². The van der Waals surface area contributed by atoms with Crippen molar-refractivity contribution >= 4 is 114 Å². The molecule has 20 rings (SSSR count). The zero-order valence-electron chi connectivity index (χ0n) is 80.5. The van der Waals surface area contributed by atoms with Gasteiger partial charge in [-0.3, -0.25) is 0 Å². The Hall–Kier alpha value is -7.27. The highest BCUT2D eigenvalue weighted by Crippen LogP contribution is 2.67. The molecule has 10 aromatic rings. The lowest BCUT2D eigenvalue weighted by Gasteiger charge is -2.32. The summed E-state index contributed by atoms with van der Waals surface area (Å²) in [5.74, 6) is -1.27. The van der Waals surface area contributed by atoms with Gasteiger partial charge in [0.25, 0.3) is 0 Å². The highest BCUT2D eigenvalue weighted by atomic mass is 79.9. The third-order valence-electron chi connectivity index (χ3n) is 29.2. The maximum Gasteiger partial charge on any atom is 0.419 e. The molecule has 0 N–H and O–H groups in total. The van der Waals surface area contributed by atoms with Crippen molar-refractivity contribution in [2.24, 2.45) is 0 Å². The number of piperidine rings is 5. The molecule has 0 radical (unpaired) electrons. The zero-order chi connectivity index (χ0) is 95.4. The molecule has 10 aliphatic heterocycles. The second-order valence-electron chi connectivity index (χ2n) is 39.7. The van der Waals surface area contributed by atoms with Crippen LogP contribution in [0.25, 0.3) is 27.9 Å². The molecule has 0 saturated carbocycles. The number of fused-ring (bicyclic) bond motifs is 5. The summed E-state index contributed by atoms with van der Waals surface area (Å²) >= 11 is 18.9. The molecule has 10 heterocycles. The first-order valence-corrected chi connectivity index (χ1v) is 52.7. The van der Waals surface area contributed by atoms with Crippen molar-refractivity contribution in [3.8, 4) is 0 Å². The Morgan fingerprint density at radius 3 is 0.948 bits per heavy atom. The van der Waals surface area contributed by atoms with E-state index in [0.717, 1.165) is 146 Å². The molecule has 10 aromatic carbocycles. The lowest BCUT2D eigenvalue weighted by Crippen LogP contribution is -2.28. The summed E-state index contributed by atoms with van der Waals surface area (Å²) in [7, 11) is 10.9. The topological polar surface area (TPSA) is 16.2 Å². The molecule has 5 nitrogen and oxygen atoms in total. The Balaban J connectivity index is 0.000000122. The van der Waals surface area contributed by atoms with Crippen molar-refractivity contribution in [1.29, 1.82) is 0 Å². The fraction of sp³-hybridized carbons (Fsp3) is 0.391. The van der Waals surface area contributed by atoms with Crippen molar-refractivity contribution in [1.82, 2.24) is 24.5 Å². The number of aryl methyl sites for hydroxylation is 3. The Morgan fingerprint density at radius 1 is 0.321 bits per heavy atom. The molecule has 0 spiro atoms. The number of hydrogen-bond acceptors (Lipinski definition) is 10. The SMILES string of the molecule is CC(C)c1ccc2c(c1)C(=C1CCN(C)CC1)C(C)(c1ccc(Cl)cc1)S2.CC(C)c1ccc2c(c1)C(=C1CCN(C)CC1)C(C)(c1ccccc1F)S2.Cc1ccc2c(c1)C(=C1CCN(C)CC1)C(C)(c1ccc(Br)cc1)S2.Cc1ccc2c(c1)C(=C1CCN(C)CC1)C(C)(c1ccc(C(F)(F)F)c(F)c1)S2.Cc1ccc2c(c1)C(=C1CCN(C)CC1)C(C)(c1ccc(F)cc1F)S2. The van der Waals surface area contributed by atoms with E-state index in [4.69, 9.17) is 11.6 Å². The molecule has 134 heavy (non-hydrogen) atoms. The average molecular weight is 1990 g/mol. The van der Waals surface area contributed by atoms with Crippen molar-refractivity contribution in [2.45, 2.75) is 214 Å². The number of benzene rings is 10. The van der Waals surface area contributed by atoms with Gasteiger partial charge in [0.2, 0.25) is 0 Å². The van der Waals surface area contributed by atoms with E-state index < -0.39 is 38.7 Å². The molecule has 0 aliphatic carbocycles. The second kappa shape index (κ2) is 40.9. The largest absolute Gasteiger partial charge is 0.419 e. The summed E-state index contributed by atoms with van der Waals surface area (Å²) in [6.45, 7) is 37.2. The van der Waals surface area contributed by atoms with Crippen molar-refractivity contribution in [2.75, 3.05) is 101 Å².